The molecule has 0 saturated heterocycles. The van der Waals surface area contributed by atoms with E-state index in [2.05, 4.69) is 16.4 Å². The summed E-state index contributed by atoms with van der Waals surface area (Å²) < 4.78 is 5.42. The van der Waals surface area contributed by atoms with Gasteiger partial charge in [-0.05, 0) is 47.6 Å². The average Bonchev–Trinajstić information content (AvgIpc) is 3.23. The molecule has 180 valence electrons. The summed E-state index contributed by atoms with van der Waals surface area (Å²) >= 11 is 1.40. The maximum absolute atomic E-state index is 12.8. The molecule has 2 amide bonds. The van der Waals surface area contributed by atoms with Crippen LogP contribution in [0.1, 0.15) is 52.8 Å². The van der Waals surface area contributed by atoms with Crippen LogP contribution in [-0.4, -0.2) is 35.4 Å². The van der Waals surface area contributed by atoms with Crippen LogP contribution in [0.4, 0.5) is 5.00 Å². The lowest BCUT2D eigenvalue weighted by Crippen LogP contribution is -2.35. The van der Waals surface area contributed by atoms with Crippen molar-refractivity contribution in [1.29, 1.82) is 5.26 Å². The number of anilines is 1. The normalized spacial score (nSPS) is 13.5. The minimum atomic E-state index is -0.150. The first kappa shape index (κ1) is 24.4. The number of amides is 2. The summed E-state index contributed by atoms with van der Waals surface area (Å²) in [6.45, 7) is 3.02. The average molecular weight is 489 g/mol. The molecule has 0 spiro atoms. The molecule has 1 N–H and O–H groups in total. The largest absolute Gasteiger partial charge is 0.496 e. The third-order valence-corrected chi connectivity index (χ3v) is 7.42. The highest BCUT2D eigenvalue weighted by atomic mass is 32.1. The van der Waals surface area contributed by atoms with Crippen LogP contribution in [0.3, 0.4) is 0 Å². The van der Waals surface area contributed by atoms with E-state index in [0.29, 0.717) is 42.9 Å². The van der Waals surface area contributed by atoms with Gasteiger partial charge in [-0.2, -0.15) is 5.26 Å². The van der Waals surface area contributed by atoms with Gasteiger partial charge in [-0.25, -0.2) is 0 Å². The topological polar surface area (TPSA) is 95.3 Å². The van der Waals surface area contributed by atoms with Crippen molar-refractivity contribution < 1.29 is 14.3 Å². The van der Waals surface area contributed by atoms with Gasteiger partial charge in [0.15, 0.2) is 0 Å². The third-order valence-electron chi connectivity index (χ3n) is 6.29. The number of para-hydroxylation sites is 1. The van der Waals surface area contributed by atoms with Crippen molar-refractivity contribution in [3.05, 3.63) is 75.9 Å². The Kier molecular flexibility index (Phi) is 7.78. The Morgan fingerprint density at radius 2 is 2.11 bits per heavy atom. The number of nitriles is 1. The Balaban J connectivity index is 1.40. The number of ether oxygens (including phenoxy) is 1. The fourth-order valence-corrected chi connectivity index (χ4v) is 5.65. The number of aryl methyl sites for hydroxylation is 1. The Bertz CT molecular complexity index is 1250. The minimum Gasteiger partial charge on any atom is -0.496 e. The van der Waals surface area contributed by atoms with Gasteiger partial charge in [0.1, 0.15) is 16.8 Å². The minimum absolute atomic E-state index is 0.0424. The maximum Gasteiger partial charge on any atom is 0.225 e. The molecule has 0 fully saturated rings. The lowest BCUT2D eigenvalue weighted by Gasteiger charge is -2.27. The van der Waals surface area contributed by atoms with Crippen molar-refractivity contribution in [2.45, 2.75) is 45.1 Å². The third kappa shape index (κ3) is 5.69. The van der Waals surface area contributed by atoms with Crippen molar-refractivity contribution in [2.75, 3.05) is 19.0 Å². The Morgan fingerprint density at radius 1 is 1.29 bits per heavy atom. The van der Waals surface area contributed by atoms with Crippen LogP contribution in [0.25, 0.3) is 0 Å². The summed E-state index contributed by atoms with van der Waals surface area (Å²) in [6, 6.07) is 13.8. The number of benzene rings is 1. The van der Waals surface area contributed by atoms with Crippen LogP contribution < -0.4 is 10.1 Å². The zero-order valence-electron chi connectivity index (χ0n) is 19.9. The monoisotopic (exact) mass is 488 g/mol. The van der Waals surface area contributed by atoms with E-state index in [-0.39, 0.29) is 24.2 Å². The molecule has 0 aliphatic carbocycles. The summed E-state index contributed by atoms with van der Waals surface area (Å²) in [4.78, 5) is 32.5. The first-order valence-corrected chi connectivity index (χ1v) is 12.5. The van der Waals surface area contributed by atoms with E-state index in [9.17, 15) is 14.9 Å². The number of methoxy groups -OCH3 is 1. The van der Waals surface area contributed by atoms with Gasteiger partial charge in [-0.3, -0.25) is 14.6 Å². The van der Waals surface area contributed by atoms with E-state index in [4.69, 9.17) is 4.74 Å². The first-order chi connectivity index (χ1) is 17.0. The second-order valence-corrected chi connectivity index (χ2v) is 9.75. The second kappa shape index (κ2) is 11.2. The van der Waals surface area contributed by atoms with Crippen molar-refractivity contribution in [2.24, 2.45) is 0 Å². The molecule has 4 rings (SSSR count). The van der Waals surface area contributed by atoms with Crippen LogP contribution in [0.2, 0.25) is 0 Å². The number of carbonyl (C=O) groups is 2. The number of aromatic nitrogens is 1. The SMILES string of the molecule is COc1ccccc1C(C)CC(=O)Nc1sc2c(c1C#N)CCN(C(=O)CCc1cccnc1)C2. The van der Waals surface area contributed by atoms with Gasteiger partial charge in [0, 0.05) is 36.7 Å². The van der Waals surface area contributed by atoms with Crippen LogP contribution in [-0.2, 0) is 29.0 Å². The summed E-state index contributed by atoms with van der Waals surface area (Å²) in [5.41, 5.74) is 3.47. The molecule has 7 nitrogen and oxygen atoms in total. The number of nitrogens with one attached hydrogen (secondary N) is 1. The van der Waals surface area contributed by atoms with Crippen LogP contribution >= 0.6 is 11.3 Å². The fraction of sp³-hybridized carbons (Fsp3) is 0.333. The molecule has 1 aromatic carbocycles. The van der Waals surface area contributed by atoms with Crippen molar-refractivity contribution in [1.82, 2.24) is 9.88 Å². The van der Waals surface area contributed by atoms with Gasteiger partial charge >= 0.3 is 0 Å². The Hall–Kier alpha value is -3.70. The van der Waals surface area contributed by atoms with Gasteiger partial charge in [-0.15, -0.1) is 11.3 Å². The van der Waals surface area contributed by atoms with Gasteiger partial charge in [0.25, 0.3) is 0 Å². The molecule has 0 bridgehead atoms. The summed E-state index contributed by atoms with van der Waals surface area (Å²) in [5.74, 6) is 0.648. The lowest BCUT2D eigenvalue weighted by molar-refractivity contribution is -0.132. The lowest BCUT2D eigenvalue weighted by atomic mass is 9.96. The number of fused-ring (bicyclic) bond motifs is 1. The molecule has 0 saturated carbocycles. The number of thiophene rings is 1. The van der Waals surface area contributed by atoms with Crippen LogP contribution in [0.5, 0.6) is 5.75 Å². The fourth-order valence-electron chi connectivity index (χ4n) is 4.42. The summed E-state index contributed by atoms with van der Waals surface area (Å²) in [7, 11) is 1.62. The highest BCUT2D eigenvalue weighted by molar-refractivity contribution is 7.16. The molecule has 1 atom stereocenters. The first-order valence-electron chi connectivity index (χ1n) is 11.6. The highest BCUT2D eigenvalue weighted by Crippen LogP contribution is 2.37. The van der Waals surface area contributed by atoms with Gasteiger partial charge in [0.2, 0.25) is 11.8 Å². The van der Waals surface area contributed by atoms with Crippen molar-refractivity contribution in [3.63, 3.8) is 0 Å². The predicted molar refractivity (Wildman–Crippen MR) is 135 cm³/mol. The number of hydrogen-bond donors (Lipinski definition) is 1. The van der Waals surface area contributed by atoms with Gasteiger partial charge in [0.05, 0.1) is 19.2 Å². The number of carbonyl (C=O) groups excluding carboxylic acids is 2. The molecule has 3 heterocycles. The molecule has 2 aromatic heterocycles. The van der Waals surface area contributed by atoms with Crippen LogP contribution in [0.15, 0.2) is 48.8 Å². The van der Waals surface area contributed by atoms with E-state index in [0.717, 1.165) is 27.3 Å². The zero-order valence-corrected chi connectivity index (χ0v) is 20.7. The standard InChI is InChI=1S/C27H28N4O3S/c1-18(20-7-3-4-8-23(20)34-2)14-25(32)30-27-22(15-28)21-11-13-31(17-24(21)35-27)26(33)10-9-19-6-5-12-29-16-19/h3-8,12,16,18H,9-11,13-14,17H2,1-2H3,(H,30,32). The molecule has 3 aromatic rings. The number of nitrogens with zero attached hydrogens (tertiary/aromatic N) is 3. The van der Waals surface area contributed by atoms with E-state index in [1.165, 1.54) is 11.3 Å². The van der Waals surface area contributed by atoms with E-state index in [1.807, 2.05) is 48.2 Å². The van der Waals surface area contributed by atoms with Gasteiger partial charge in [-0.1, -0.05) is 31.2 Å². The number of rotatable bonds is 8. The maximum atomic E-state index is 12.8. The van der Waals surface area contributed by atoms with Crippen molar-refractivity contribution >= 4 is 28.2 Å². The van der Waals surface area contributed by atoms with Crippen molar-refractivity contribution in [3.8, 4) is 11.8 Å². The highest BCUT2D eigenvalue weighted by Gasteiger charge is 2.27. The van der Waals surface area contributed by atoms with Crippen LogP contribution in [0, 0.1) is 11.3 Å². The molecule has 35 heavy (non-hydrogen) atoms. The molecule has 1 unspecified atom stereocenters. The summed E-state index contributed by atoms with van der Waals surface area (Å²) in [5, 5.41) is 13.3. The molecule has 1 aliphatic rings. The Morgan fingerprint density at radius 3 is 2.86 bits per heavy atom. The smallest absolute Gasteiger partial charge is 0.225 e. The van der Waals surface area contributed by atoms with E-state index in [1.54, 1.807) is 19.5 Å². The second-order valence-electron chi connectivity index (χ2n) is 8.64. The van der Waals surface area contributed by atoms with E-state index < -0.39 is 0 Å². The molecule has 8 heteroatoms. The molecule has 0 radical (unpaired) electrons. The molecular formula is C27H28N4O3S. The Labute approximate surface area is 209 Å². The van der Waals surface area contributed by atoms with E-state index >= 15 is 0 Å². The number of pyridine rings is 1. The predicted octanol–water partition coefficient (Wildman–Crippen LogP) is 4.67. The van der Waals surface area contributed by atoms with Gasteiger partial charge < -0.3 is 15.0 Å². The zero-order chi connectivity index (χ0) is 24.8. The quantitative estimate of drug-likeness (QED) is 0.497. The number of hydrogen-bond acceptors (Lipinski definition) is 6. The molecular weight excluding hydrogens is 460 g/mol. The molecule has 1 aliphatic heterocycles. The summed E-state index contributed by atoms with van der Waals surface area (Å²) in [6.07, 6.45) is 5.45.